The molecule has 1 heterocycles. The van der Waals surface area contributed by atoms with Crippen LogP contribution in [-0.2, 0) is 17.6 Å². The van der Waals surface area contributed by atoms with E-state index in [-0.39, 0.29) is 5.97 Å². The van der Waals surface area contributed by atoms with Crippen molar-refractivity contribution in [1.82, 2.24) is 9.78 Å². The van der Waals surface area contributed by atoms with Crippen LogP contribution < -0.4 is 5.73 Å². The number of aromatic nitrogens is 2. The second kappa shape index (κ2) is 5.24. The van der Waals surface area contributed by atoms with Crippen molar-refractivity contribution in [3.8, 4) is 5.69 Å². The van der Waals surface area contributed by atoms with Gasteiger partial charge in [-0.3, -0.25) is 0 Å². The van der Waals surface area contributed by atoms with E-state index < -0.39 is 0 Å². The summed E-state index contributed by atoms with van der Waals surface area (Å²) in [7, 11) is 0. The Kier molecular flexibility index (Phi) is 3.41. The Bertz CT molecular complexity index is 704. The topological polar surface area (TPSA) is 70.1 Å². The first-order valence-corrected chi connectivity index (χ1v) is 7.26. The van der Waals surface area contributed by atoms with Gasteiger partial charge in [-0.15, -0.1) is 0 Å². The summed E-state index contributed by atoms with van der Waals surface area (Å²) in [6.07, 6.45) is 2.87. The van der Waals surface area contributed by atoms with Crippen LogP contribution in [0.2, 0.25) is 0 Å². The number of aryl methyl sites for hydroxylation is 1. The molecule has 21 heavy (non-hydrogen) atoms. The number of fused-ring (bicyclic) bond motifs is 1. The van der Waals surface area contributed by atoms with Gasteiger partial charge in [-0.05, 0) is 56.9 Å². The van der Waals surface area contributed by atoms with E-state index in [1.54, 1.807) is 6.92 Å². The van der Waals surface area contributed by atoms with Crippen molar-refractivity contribution in [1.29, 1.82) is 0 Å². The van der Waals surface area contributed by atoms with Crippen LogP contribution in [0.25, 0.3) is 5.69 Å². The zero-order valence-electron chi connectivity index (χ0n) is 12.3. The van der Waals surface area contributed by atoms with Gasteiger partial charge in [-0.2, -0.15) is 5.10 Å². The summed E-state index contributed by atoms with van der Waals surface area (Å²) in [4.78, 5) is 12.1. The highest BCUT2D eigenvalue weighted by atomic mass is 16.5. The third-order valence-corrected chi connectivity index (χ3v) is 3.85. The Hall–Kier alpha value is -2.30. The molecule has 0 spiro atoms. The van der Waals surface area contributed by atoms with E-state index in [1.807, 2.05) is 29.8 Å². The third-order valence-electron chi connectivity index (χ3n) is 3.85. The maximum Gasteiger partial charge on any atom is 0.359 e. The lowest BCUT2D eigenvalue weighted by Gasteiger charge is -2.09. The van der Waals surface area contributed by atoms with Crippen molar-refractivity contribution in [3.63, 3.8) is 0 Å². The van der Waals surface area contributed by atoms with E-state index in [2.05, 4.69) is 5.10 Å². The maximum atomic E-state index is 12.1. The molecule has 1 aliphatic rings. The van der Waals surface area contributed by atoms with Gasteiger partial charge < -0.3 is 10.5 Å². The van der Waals surface area contributed by atoms with Crippen LogP contribution in [-0.4, -0.2) is 22.4 Å². The number of carbonyl (C=O) groups is 1. The number of carbonyl (C=O) groups excluding carboxylic acids is 1. The Morgan fingerprint density at radius 2 is 2.24 bits per heavy atom. The minimum absolute atomic E-state index is 0.331. The summed E-state index contributed by atoms with van der Waals surface area (Å²) in [5.74, 6) is -0.331. The fourth-order valence-electron chi connectivity index (χ4n) is 2.92. The van der Waals surface area contributed by atoms with E-state index in [0.29, 0.717) is 12.3 Å². The van der Waals surface area contributed by atoms with Crippen LogP contribution >= 0.6 is 0 Å². The molecular weight excluding hydrogens is 266 g/mol. The molecular formula is C16H19N3O2. The number of nitrogens with zero attached hydrogens (tertiary/aromatic N) is 2. The minimum atomic E-state index is -0.331. The zero-order chi connectivity index (χ0) is 15.0. The van der Waals surface area contributed by atoms with Crippen LogP contribution in [0.4, 0.5) is 5.69 Å². The van der Waals surface area contributed by atoms with Gasteiger partial charge in [0.15, 0.2) is 5.69 Å². The lowest BCUT2D eigenvalue weighted by Crippen LogP contribution is -2.09. The lowest BCUT2D eigenvalue weighted by molar-refractivity contribution is 0.0517. The first-order valence-electron chi connectivity index (χ1n) is 7.26. The van der Waals surface area contributed by atoms with Crippen LogP contribution in [0, 0.1) is 6.92 Å². The van der Waals surface area contributed by atoms with Gasteiger partial charge >= 0.3 is 5.97 Å². The molecule has 110 valence electrons. The second-order valence-electron chi connectivity index (χ2n) is 5.31. The van der Waals surface area contributed by atoms with E-state index in [9.17, 15) is 4.79 Å². The van der Waals surface area contributed by atoms with E-state index in [1.165, 1.54) is 0 Å². The van der Waals surface area contributed by atoms with E-state index in [4.69, 9.17) is 10.5 Å². The monoisotopic (exact) mass is 285 g/mol. The van der Waals surface area contributed by atoms with Crippen LogP contribution in [0.15, 0.2) is 18.2 Å². The number of nitrogens with two attached hydrogens (primary N) is 1. The molecule has 2 aromatic rings. The largest absolute Gasteiger partial charge is 0.461 e. The Morgan fingerprint density at radius 1 is 1.43 bits per heavy atom. The molecule has 0 fully saturated rings. The summed E-state index contributed by atoms with van der Waals surface area (Å²) < 4.78 is 7.00. The molecule has 0 aliphatic heterocycles. The van der Waals surface area contributed by atoms with Gasteiger partial charge in [0.1, 0.15) is 0 Å². The third kappa shape index (κ3) is 2.28. The molecule has 0 amide bonds. The summed E-state index contributed by atoms with van der Waals surface area (Å²) >= 11 is 0. The molecule has 0 atom stereocenters. The highest BCUT2D eigenvalue weighted by molar-refractivity contribution is 5.89. The van der Waals surface area contributed by atoms with Gasteiger partial charge in [0.2, 0.25) is 0 Å². The molecule has 1 aromatic heterocycles. The van der Waals surface area contributed by atoms with Crippen molar-refractivity contribution in [2.45, 2.75) is 33.1 Å². The quantitative estimate of drug-likeness (QED) is 0.694. The summed E-state index contributed by atoms with van der Waals surface area (Å²) in [6.45, 7) is 4.17. The normalized spacial score (nSPS) is 13.2. The Labute approximate surface area is 123 Å². The van der Waals surface area contributed by atoms with Gasteiger partial charge in [0.25, 0.3) is 0 Å². The van der Waals surface area contributed by atoms with Gasteiger partial charge in [-0.1, -0.05) is 0 Å². The highest BCUT2D eigenvalue weighted by Crippen LogP contribution is 2.29. The fraction of sp³-hybridized carbons (Fsp3) is 0.375. The predicted octanol–water partition coefficient (Wildman–Crippen LogP) is 2.43. The van der Waals surface area contributed by atoms with Crippen molar-refractivity contribution in [2.75, 3.05) is 12.3 Å². The van der Waals surface area contributed by atoms with Crippen molar-refractivity contribution >= 4 is 11.7 Å². The van der Waals surface area contributed by atoms with Gasteiger partial charge in [-0.25, -0.2) is 9.48 Å². The minimum Gasteiger partial charge on any atom is -0.461 e. The summed E-state index contributed by atoms with van der Waals surface area (Å²) in [5, 5.41) is 4.51. The molecule has 0 radical (unpaired) electrons. The average Bonchev–Trinajstić information content (AvgIpc) is 3.01. The average molecular weight is 285 g/mol. The van der Waals surface area contributed by atoms with Crippen LogP contribution in [0.3, 0.4) is 0 Å². The number of ether oxygens (including phenoxy) is 1. The lowest BCUT2D eigenvalue weighted by atomic mass is 10.1. The van der Waals surface area contributed by atoms with Gasteiger partial charge in [0.05, 0.1) is 12.3 Å². The van der Waals surface area contributed by atoms with E-state index in [0.717, 1.165) is 47.5 Å². The maximum absolute atomic E-state index is 12.1. The van der Waals surface area contributed by atoms with Gasteiger partial charge in [0, 0.05) is 16.9 Å². The number of esters is 1. The molecule has 5 nitrogen and oxygen atoms in total. The van der Waals surface area contributed by atoms with Crippen molar-refractivity contribution in [2.24, 2.45) is 0 Å². The number of hydrogen-bond acceptors (Lipinski definition) is 4. The number of benzene rings is 1. The molecule has 0 saturated heterocycles. The molecule has 0 bridgehead atoms. The Morgan fingerprint density at radius 3 is 2.95 bits per heavy atom. The molecule has 0 saturated carbocycles. The predicted molar refractivity (Wildman–Crippen MR) is 80.7 cm³/mol. The smallest absolute Gasteiger partial charge is 0.359 e. The number of nitrogen functional groups attached to an aromatic ring is 1. The first kappa shape index (κ1) is 13.7. The molecule has 0 unspecified atom stereocenters. The number of rotatable bonds is 3. The molecule has 5 heteroatoms. The van der Waals surface area contributed by atoms with Crippen molar-refractivity contribution in [3.05, 3.63) is 40.7 Å². The molecule has 1 aromatic carbocycles. The molecule has 1 aliphatic carbocycles. The van der Waals surface area contributed by atoms with Crippen LogP contribution in [0.1, 0.15) is 40.7 Å². The highest BCUT2D eigenvalue weighted by Gasteiger charge is 2.28. The Balaban J connectivity index is 2.11. The van der Waals surface area contributed by atoms with Crippen LogP contribution in [0.5, 0.6) is 0 Å². The number of anilines is 1. The number of hydrogen-bond donors (Lipinski definition) is 1. The first-order chi connectivity index (χ1) is 10.1. The standard InChI is InChI=1S/C16H19N3O2/c1-3-21-16(20)15-12-5-4-6-14(12)19(18-15)13-8-7-11(17)9-10(13)2/h7-9H,3-6,17H2,1-2H3. The summed E-state index contributed by atoms with van der Waals surface area (Å²) in [6, 6.07) is 5.73. The zero-order valence-corrected chi connectivity index (χ0v) is 12.3. The second-order valence-corrected chi connectivity index (χ2v) is 5.31. The van der Waals surface area contributed by atoms with Crippen molar-refractivity contribution < 1.29 is 9.53 Å². The summed E-state index contributed by atoms with van der Waals surface area (Å²) in [5.41, 5.74) is 11.2. The SMILES string of the molecule is CCOC(=O)c1nn(-c2ccc(N)cc2C)c2c1CCC2. The van der Waals surface area contributed by atoms with E-state index >= 15 is 0 Å². The molecule has 2 N–H and O–H groups in total. The fourth-order valence-corrected chi connectivity index (χ4v) is 2.92. The molecule has 3 rings (SSSR count).